The van der Waals surface area contributed by atoms with Gasteiger partial charge < -0.3 is 8.97 Å². The fraction of sp³-hybridized carbons (Fsp3) is 0.0435. The van der Waals surface area contributed by atoms with Crippen LogP contribution in [0, 0.1) is 0 Å². The molecule has 5 aromatic rings. The standard InChI is InChI=1S/C23H16N2/c1-24-12-13-25-20-9-5-8-18-17-11-10-16(15-6-3-2-4-7-15)14-19(17)22(21(18)20)23(24)25/h2-14H,1H3. The van der Waals surface area contributed by atoms with E-state index in [0.29, 0.717) is 0 Å². The van der Waals surface area contributed by atoms with Crippen molar-refractivity contribution in [1.29, 1.82) is 0 Å². The molecule has 0 saturated heterocycles. The lowest BCUT2D eigenvalue weighted by Gasteiger charge is -2.08. The first-order valence-electron chi connectivity index (χ1n) is 8.61. The summed E-state index contributed by atoms with van der Waals surface area (Å²) in [6.07, 6.45) is 4.30. The molecule has 0 unspecified atom stereocenters. The lowest BCUT2D eigenvalue weighted by molar-refractivity contribution is 0.961. The normalized spacial score (nSPS) is 12.2. The topological polar surface area (TPSA) is 9.34 Å². The summed E-state index contributed by atoms with van der Waals surface area (Å²) in [5.41, 5.74) is 10.5. The Morgan fingerprint density at radius 3 is 2.44 bits per heavy atom. The molecule has 0 bridgehead atoms. The Balaban J connectivity index is 1.75. The van der Waals surface area contributed by atoms with Crippen LogP contribution in [0.4, 0.5) is 0 Å². The maximum Gasteiger partial charge on any atom is 0.125 e. The van der Waals surface area contributed by atoms with Crippen LogP contribution in [-0.4, -0.2) is 8.97 Å². The van der Waals surface area contributed by atoms with Crippen LogP contribution >= 0.6 is 0 Å². The highest BCUT2D eigenvalue weighted by Crippen LogP contribution is 2.51. The number of fused-ring (bicyclic) bond motifs is 6. The maximum absolute atomic E-state index is 2.35. The number of benzene rings is 3. The minimum Gasteiger partial charge on any atom is -0.335 e. The second kappa shape index (κ2) is 4.42. The van der Waals surface area contributed by atoms with E-state index < -0.39 is 0 Å². The molecule has 6 rings (SSSR count). The number of hydrogen-bond acceptors (Lipinski definition) is 0. The molecular weight excluding hydrogens is 304 g/mol. The van der Waals surface area contributed by atoms with Gasteiger partial charge in [-0.1, -0.05) is 54.6 Å². The van der Waals surface area contributed by atoms with Crippen LogP contribution < -0.4 is 0 Å². The Morgan fingerprint density at radius 1 is 0.680 bits per heavy atom. The predicted octanol–water partition coefficient (Wildman–Crippen LogP) is 5.75. The predicted molar refractivity (Wildman–Crippen MR) is 104 cm³/mol. The van der Waals surface area contributed by atoms with E-state index in [-0.39, 0.29) is 0 Å². The van der Waals surface area contributed by atoms with Crippen molar-refractivity contribution < 1.29 is 0 Å². The summed E-state index contributed by atoms with van der Waals surface area (Å²) in [7, 11) is 2.13. The van der Waals surface area contributed by atoms with Crippen molar-refractivity contribution in [2.45, 2.75) is 0 Å². The van der Waals surface area contributed by atoms with E-state index in [1.54, 1.807) is 0 Å². The van der Waals surface area contributed by atoms with Gasteiger partial charge in [0, 0.05) is 30.4 Å². The minimum absolute atomic E-state index is 1.26. The molecule has 2 heterocycles. The molecule has 0 radical (unpaired) electrons. The van der Waals surface area contributed by atoms with E-state index in [2.05, 4.69) is 95.1 Å². The summed E-state index contributed by atoms with van der Waals surface area (Å²) in [4.78, 5) is 0. The molecule has 3 aromatic carbocycles. The monoisotopic (exact) mass is 320 g/mol. The van der Waals surface area contributed by atoms with Gasteiger partial charge in [-0.15, -0.1) is 0 Å². The molecule has 2 aromatic heterocycles. The molecule has 1 aliphatic carbocycles. The number of imidazole rings is 1. The molecule has 118 valence electrons. The number of hydrogen-bond donors (Lipinski definition) is 0. The van der Waals surface area contributed by atoms with Crippen molar-refractivity contribution in [3.8, 4) is 33.4 Å². The van der Waals surface area contributed by atoms with Gasteiger partial charge in [0.15, 0.2) is 0 Å². The highest BCUT2D eigenvalue weighted by atomic mass is 15.1. The van der Waals surface area contributed by atoms with Crippen LogP contribution in [0.5, 0.6) is 0 Å². The van der Waals surface area contributed by atoms with E-state index in [0.717, 1.165) is 0 Å². The second-order valence-electron chi connectivity index (χ2n) is 6.80. The van der Waals surface area contributed by atoms with Gasteiger partial charge in [0.2, 0.25) is 0 Å². The molecule has 0 saturated carbocycles. The van der Waals surface area contributed by atoms with Gasteiger partial charge in [-0.3, -0.25) is 0 Å². The first kappa shape index (κ1) is 13.1. The Labute approximate surface area is 145 Å². The van der Waals surface area contributed by atoms with Gasteiger partial charge in [-0.25, -0.2) is 0 Å². The molecule has 0 aliphatic heterocycles. The Morgan fingerprint density at radius 2 is 1.56 bits per heavy atom. The van der Waals surface area contributed by atoms with Crippen molar-refractivity contribution in [2.75, 3.05) is 0 Å². The average Bonchev–Trinajstić information content (AvgIpc) is 3.30. The average molecular weight is 320 g/mol. The summed E-state index contributed by atoms with van der Waals surface area (Å²) in [6.45, 7) is 0. The van der Waals surface area contributed by atoms with Crippen LogP contribution in [0.2, 0.25) is 0 Å². The summed E-state index contributed by atoms with van der Waals surface area (Å²) in [5, 5.41) is 1.38. The first-order valence-corrected chi connectivity index (χ1v) is 8.61. The third-order valence-electron chi connectivity index (χ3n) is 5.46. The fourth-order valence-corrected chi connectivity index (χ4v) is 4.36. The second-order valence-corrected chi connectivity index (χ2v) is 6.80. The van der Waals surface area contributed by atoms with E-state index in [1.165, 1.54) is 49.9 Å². The smallest absolute Gasteiger partial charge is 0.125 e. The zero-order valence-corrected chi connectivity index (χ0v) is 13.9. The SMILES string of the molecule is Cn1ccn2c3cccc4c3c(c12)-c1cc(-c2ccccc2)ccc1-4. The quantitative estimate of drug-likeness (QED) is 0.365. The lowest BCUT2D eigenvalue weighted by atomic mass is 9.97. The zero-order valence-electron chi connectivity index (χ0n) is 13.9. The number of rotatable bonds is 1. The van der Waals surface area contributed by atoms with Crippen molar-refractivity contribution in [3.05, 3.63) is 79.1 Å². The van der Waals surface area contributed by atoms with Crippen LogP contribution in [0.3, 0.4) is 0 Å². The highest BCUT2D eigenvalue weighted by Gasteiger charge is 2.27. The molecule has 2 nitrogen and oxygen atoms in total. The Kier molecular flexibility index (Phi) is 2.31. The molecule has 0 fully saturated rings. The van der Waals surface area contributed by atoms with E-state index in [9.17, 15) is 0 Å². The van der Waals surface area contributed by atoms with Crippen molar-refractivity contribution in [1.82, 2.24) is 8.97 Å². The van der Waals surface area contributed by atoms with Gasteiger partial charge in [0.25, 0.3) is 0 Å². The van der Waals surface area contributed by atoms with Gasteiger partial charge in [-0.05, 0) is 39.9 Å². The Hall–Kier alpha value is -3.26. The van der Waals surface area contributed by atoms with Crippen LogP contribution in [0.25, 0.3) is 49.9 Å². The first-order chi connectivity index (χ1) is 12.3. The van der Waals surface area contributed by atoms with E-state index in [1.807, 2.05) is 0 Å². The highest BCUT2D eigenvalue weighted by molar-refractivity contribution is 6.20. The van der Waals surface area contributed by atoms with Crippen molar-refractivity contribution in [3.63, 3.8) is 0 Å². The molecule has 0 spiro atoms. The Bertz CT molecular complexity index is 1290. The van der Waals surface area contributed by atoms with Crippen LogP contribution in [0.1, 0.15) is 0 Å². The third kappa shape index (κ3) is 1.54. The van der Waals surface area contributed by atoms with Crippen molar-refractivity contribution in [2.24, 2.45) is 7.05 Å². The number of aromatic nitrogens is 2. The van der Waals surface area contributed by atoms with Gasteiger partial charge in [0.05, 0.1) is 5.52 Å². The lowest BCUT2D eigenvalue weighted by Crippen LogP contribution is -1.89. The van der Waals surface area contributed by atoms with Crippen LogP contribution in [-0.2, 0) is 7.05 Å². The van der Waals surface area contributed by atoms with Crippen molar-refractivity contribution >= 4 is 16.6 Å². The zero-order chi connectivity index (χ0) is 16.5. The van der Waals surface area contributed by atoms with E-state index in [4.69, 9.17) is 0 Å². The molecule has 2 heteroatoms. The molecule has 25 heavy (non-hydrogen) atoms. The number of nitrogens with zero attached hydrogens (tertiary/aromatic N) is 2. The van der Waals surface area contributed by atoms with E-state index >= 15 is 0 Å². The summed E-state index contributed by atoms with van der Waals surface area (Å²) >= 11 is 0. The van der Waals surface area contributed by atoms with Crippen LogP contribution in [0.15, 0.2) is 79.1 Å². The maximum atomic E-state index is 2.35. The minimum atomic E-state index is 1.26. The molecule has 0 N–H and O–H groups in total. The van der Waals surface area contributed by atoms with Gasteiger partial charge >= 0.3 is 0 Å². The molecular formula is C23H16N2. The fourth-order valence-electron chi connectivity index (χ4n) is 4.36. The molecule has 0 amide bonds. The van der Waals surface area contributed by atoms with Gasteiger partial charge in [0.1, 0.15) is 5.65 Å². The molecule has 1 aliphatic rings. The summed E-state index contributed by atoms with van der Waals surface area (Å²) in [6, 6.07) is 24.1. The van der Waals surface area contributed by atoms with Gasteiger partial charge in [-0.2, -0.15) is 0 Å². The summed E-state index contributed by atoms with van der Waals surface area (Å²) < 4.78 is 4.54. The summed E-state index contributed by atoms with van der Waals surface area (Å²) in [5.74, 6) is 0. The largest absolute Gasteiger partial charge is 0.335 e. The third-order valence-corrected chi connectivity index (χ3v) is 5.46. The number of aryl methyl sites for hydroxylation is 1. The molecule has 0 atom stereocenters.